The van der Waals surface area contributed by atoms with Gasteiger partial charge >= 0.3 is 0 Å². The average molecular weight is 525 g/mol. The first-order chi connectivity index (χ1) is 20.3. The van der Waals surface area contributed by atoms with Gasteiger partial charge in [0.15, 0.2) is 0 Å². The zero-order chi connectivity index (χ0) is 27.2. The molecule has 0 aliphatic carbocycles. The molecular weight excluding hydrogens is 500 g/mol. The van der Waals surface area contributed by atoms with Gasteiger partial charge in [-0.2, -0.15) is 0 Å². The van der Waals surface area contributed by atoms with Gasteiger partial charge in [-0.3, -0.25) is 9.55 Å². The average Bonchev–Trinajstić information content (AvgIpc) is 3.39. The highest BCUT2D eigenvalue weighted by atomic mass is 15.1. The molecule has 4 heterocycles. The maximum absolute atomic E-state index is 5.12. The van der Waals surface area contributed by atoms with Crippen LogP contribution in [0.2, 0.25) is 0 Å². The third-order valence-electron chi connectivity index (χ3n) is 7.67. The third-order valence-corrected chi connectivity index (χ3v) is 7.67. The van der Waals surface area contributed by atoms with Gasteiger partial charge < -0.3 is 0 Å². The summed E-state index contributed by atoms with van der Waals surface area (Å²) in [5.74, 6) is 0.838. The van der Waals surface area contributed by atoms with E-state index in [2.05, 4.69) is 119 Å². The Kier molecular flexibility index (Phi) is 5.42. The van der Waals surface area contributed by atoms with Gasteiger partial charge in [0.1, 0.15) is 5.82 Å². The summed E-state index contributed by atoms with van der Waals surface area (Å²) in [6.07, 6.45) is 1.84. The molecule has 0 radical (unpaired) electrons. The van der Waals surface area contributed by atoms with Gasteiger partial charge in [0, 0.05) is 17.1 Å². The number of hydrogen-bond donors (Lipinski definition) is 0. The predicted molar refractivity (Wildman–Crippen MR) is 168 cm³/mol. The molecule has 0 saturated carbocycles. The highest BCUT2D eigenvalue weighted by molar-refractivity contribution is 6.06. The smallest absolute Gasteiger partial charge is 0.138 e. The molecule has 8 aromatic rings. The second-order valence-electron chi connectivity index (χ2n) is 10.1. The Labute approximate surface area is 237 Å². The molecule has 41 heavy (non-hydrogen) atoms. The maximum Gasteiger partial charge on any atom is 0.138 e. The van der Waals surface area contributed by atoms with Gasteiger partial charge in [0.2, 0.25) is 0 Å². The lowest BCUT2D eigenvalue weighted by Gasteiger charge is -2.12. The summed E-state index contributed by atoms with van der Waals surface area (Å²) in [7, 11) is 0. The monoisotopic (exact) mass is 524 g/mol. The first-order valence-electron chi connectivity index (χ1n) is 13.7. The highest BCUT2D eigenvalue weighted by Gasteiger charge is 2.15. The molecule has 4 aromatic heterocycles. The summed E-state index contributed by atoms with van der Waals surface area (Å²) in [6, 6.07) is 48.3. The van der Waals surface area contributed by atoms with Crippen LogP contribution in [0, 0.1) is 0 Å². The SMILES string of the molecule is c1cc(-c2cccc(-n3c4ccccc4c4ncccc43)n2)nc(-c2ccccc2-c2ccc3ccccc3c2)c1. The molecule has 0 aliphatic heterocycles. The van der Waals surface area contributed by atoms with E-state index in [1.165, 1.54) is 16.3 Å². The molecule has 0 aliphatic rings. The minimum absolute atomic E-state index is 0.822. The largest absolute Gasteiger partial charge is 0.292 e. The van der Waals surface area contributed by atoms with Crippen LogP contribution in [0.5, 0.6) is 0 Å². The van der Waals surface area contributed by atoms with Gasteiger partial charge in [0.25, 0.3) is 0 Å². The number of rotatable bonds is 4. The number of fused-ring (bicyclic) bond motifs is 4. The minimum Gasteiger partial charge on any atom is -0.292 e. The van der Waals surface area contributed by atoms with Crippen LogP contribution in [0.25, 0.3) is 72.3 Å². The van der Waals surface area contributed by atoms with Crippen LogP contribution < -0.4 is 0 Å². The number of nitrogens with zero attached hydrogens (tertiary/aromatic N) is 4. The first-order valence-corrected chi connectivity index (χ1v) is 13.7. The Bertz CT molecular complexity index is 2170. The minimum atomic E-state index is 0.822. The normalized spacial score (nSPS) is 11.4. The standard InChI is InChI=1S/C37H24N4/c1-2-11-26-24-27(22-21-25(26)10-1)28-12-3-4-13-29(28)31-15-7-16-32(39-31)33-17-8-20-36(40-33)41-34-18-6-5-14-30(34)37-35(41)19-9-23-38-37/h1-24H. The van der Waals surface area contributed by atoms with E-state index in [1.807, 2.05) is 36.5 Å². The molecule has 0 bridgehead atoms. The maximum atomic E-state index is 5.12. The number of aromatic nitrogens is 4. The van der Waals surface area contributed by atoms with Gasteiger partial charge in [-0.05, 0) is 70.4 Å². The fourth-order valence-electron chi connectivity index (χ4n) is 5.76. The molecule has 4 heteroatoms. The Balaban J connectivity index is 1.24. The predicted octanol–water partition coefficient (Wildman–Crippen LogP) is 9.12. The molecule has 4 aromatic carbocycles. The van der Waals surface area contributed by atoms with Crippen LogP contribution in [0.4, 0.5) is 0 Å². The molecule has 8 rings (SSSR count). The van der Waals surface area contributed by atoms with E-state index in [0.717, 1.165) is 56.0 Å². The molecule has 0 N–H and O–H groups in total. The van der Waals surface area contributed by atoms with E-state index < -0.39 is 0 Å². The van der Waals surface area contributed by atoms with E-state index in [9.17, 15) is 0 Å². The van der Waals surface area contributed by atoms with Crippen LogP contribution >= 0.6 is 0 Å². The molecule has 0 atom stereocenters. The zero-order valence-corrected chi connectivity index (χ0v) is 22.1. The molecule has 192 valence electrons. The van der Waals surface area contributed by atoms with E-state index in [4.69, 9.17) is 9.97 Å². The summed E-state index contributed by atoms with van der Waals surface area (Å²) in [5, 5.41) is 3.57. The summed E-state index contributed by atoms with van der Waals surface area (Å²) < 4.78 is 2.18. The molecule has 0 amide bonds. The molecule has 0 saturated heterocycles. The van der Waals surface area contributed by atoms with Crippen molar-refractivity contribution in [2.24, 2.45) is 0 Å². The Morgan fingerprint density at radius 2 is 1.17 bits per heavy atom. The van der Waals surface area contributed by atoms with Crippen molar-refractivity contribution in [3.05, 3.63) is 146 Å². The Hall–Kier alpha value is -5.61. The van der Waals surface area contributed by atoms with Crippen LogP contribution in [-0.4, -0.2) is 19.5 Å². The summed E-state index contributed by atoms with van der Waals surface area (Å²) in [4.78, 5) is 14.9. The number of hydrogen-bond acceptors (Lipinski definition) is 3. The van der Waals surface area contributed by atoms with Crippen molar-refractivity contribution in [2.75, 3.05) is 0 Å². The summed E-state index contributed by atoms with van der Waals surface area (Å²) in [5.41, 5.74) is 9.07. The molecule has 4 nitrogen and oxygen atoms in total. The van der Waals surface area contributed by atoms with Crippen molar-refractivity contribution in [1.82, 2.24) is 19.5 Å². The van der Waals surface area contributed by atoms with Crippen molar-refractivity contribution < 1.29 is 0 Å². The molecule has 0 spiro atoms. The molecule has 0 fully saturated rings. The number of para-hydroxylation sites is 1. The van der Waals surface area contributed by atoms with E-state index >= 15 is 0 Å². The zero-order valence-electron chi connectivity index (χ0n) is 22.1. The van der Waals surface area contributed by atoms with Crippen molar-refractivity contribution in [1.29, 1.82) is 0 Å². The lowest BCUT2D eigenvalue weighted by molar-refractivity contribution is 1.08. The Morgan fingerprint density at radius 3 is 2.10 bits per heavy atom. The quantitative estimate of drug-likeness (QED) is 0.231. The molecular formula is C37H24N4. The van der Waals surface area contributed by atoms with E-state index in [0.29, 0.717) is 0 Å². The van der Waals surface area contributed by atoms with E-state index in [1.54, 1.807) is 0 Å². The topological polar surface area (TPSA) is 43.6 Å². The Morgan fingerprint density at radius 1 is 0.463 bits per heavy atom. The fraction of sp³-hybridized carbons (Fsp3) is 0. The van der Waals surface area contributed by atoms with E-state index in [-0.39, 0.29) is 0 Å². The van der Waals surface area contributed by atoms with Crippen molar-refractivity contribution >= 4 is 32.7 Å². The molecule has 0 unspecified atom stereocenters. The lowest BCUT2D eigenvalue weighted by atomic mass is 9.95. The van der Waals surface area contributed by atoms with Crippen molar-refractivity contribution in [3.63, 3.8) is 0 Å². The van der Waals surface area contributed by atoms with Crippen LogP contribution in [-0.2, 0) is 0 Å². The lowest BCUT2D eigenvalue weighted by Crippen LogP contribution is -1.99. The number of pyridine rings is 3. The second kappa shape index (κ2) is 9.54. The van der Waals surface area contributed by atoms with Crippen LogP contribution in [0.3, 0.4) is 0 Å². The summed E-state index contributed by atoms with van der Waals surface area (Å²) in [6.45, 7) is 0. The fourth-order valence-corrected chi connectivity index (χ4v) is 5.76. The van der Waals surface area contributed by atoms with Gasteiger partial charge in [-0.1, -0.05) is 91.0 Å². The first kappa shape index (κ1) is 23.3. The third kappa shape index (κ3) is 3.97. The van der Waals surface area contributed by atoms with Gasteiger partial charge in [-0.25, -0.2) is 9.97 Å². The van der Waals surface area contributed by atoms with Gasteiger partial charge in [0.05, 0.1) is 33.6 Å². The summed E-state index contributed by atoms with van der Waals surface area (Å²) >= 11 is 0. The number of benzene rings is 4. The van der Waals surface area contributed by atoms with Crippen LogP contribution in [0.1, 0.15) is 0 Å². The van der Waals surface area contributed by atoms with Gasteiger partial charge in [-0.15, -0.1) is 0 Å². The second-order valence-corrected chi connectivity index (χ2v) is 10.1. The highest BCUT2D eigenvalue weighted by Crippen LogP contribution is 2.34. The van der Waals surface area contributed by atoms with Crippen LogP contribution in [0.15, 0.2) is 146 Å². The van der Waals surface area contributed by atoms with Crippen molar-refractivity contribution in [2.45, 2.75) is 0 Å². The van der Waals surface area contributed by atoms with Crippen molar-refractivity contribution in [3.8, 4) is 39.6 Å².